The summed E-state index contributed by atoms with van der Waals surface area (Å²) >= 11 is 5.58. The van der Waals surface area contributed by atoms with E-state index >= 15 is 0 Å². The van der Waals surface area contributed by atoms with E-state index in [1.54, 1.807) is 7.11 Å². The molecule has 0 atom stereocenters. The minimum atomic E-state index is -4.59. The Morgan fingerprint density at radius 1 is 1.19 bits per heavy atom. The zero-order valence-electron chi connectivity index (χ0n) is 14.5. The molecule has 2 N–H and O–H groups in total. The van der Waals surface area contributed by atoms with Gasteiger partial charge in [-0.15, -0.1) is 0 Å². The highest BCUT2D eigenvalue weighted by atomic mass is 35.5. The highest BCUT2D eigenvalue weighted by Gasteiger charge is 2.44. The van der Waals surface area contributed by atoms with Gasteiger partial charge in [-0.25, -0.2) is 4.79 Å². The van der Waals surface area contributed by atoms with Gasteiger partial charge < -0.3 is 15.4 Å². The summed E-state index contributed by atoms with van der Waals surface area (Å²) in [7, 11) is 1.59. The van der Waals surface area contributed by atoms with Crippen LogP contribution in [0.15, 0.2) is 42.5 Å². The molecule has 2 amide bonds. The first-order valence-electron chi connectivity index (χ1n) is 8.30. The van der Waals surface area contributed by atoms with Gasteiger partial charge in [0, 0.05) is 17.6 Å². The second-order valence-electron chi connectivity index (χ2n) is 6.51. The van der Waals surface area contributed by atoms with Crippen LogP contribution in [0.1, 0.15) is 24.0 Å². The lowest BCUT2D eigenvalue weighted by Crippen LogP contribution is -2.35. The van der Waals surface area contributed by atoms with E-state index in [0.29, 0.717) is 6.54 Å². The first-order valence-corrected chi connectivity index (χ1v) is 8.67. The van der Waals surface area contributed by atoms with Crippen LogP contribution in [0.5, 0.6) is 5.75 Å². The van der Waals surface area contributed by atoms with Gasteiger partial charge >= 0.3 is 12.2 Å². The molecule has 0 bridgehead atoms. The van der Waals surface area contributed by atoms with Crippen LogP contribution in [-0.2, 0) is 11.6 Å². The Morgan fingerprint density at radius 2 is 1.85 bits per heavy atom. The average Bonchev–Trinajstić information content (AvgIpc) is 3.42. The monoisotopic (exact) mass is 398 g/mol. The number of anilines is 1. The highest BCUT2D eigenvalue weighted by molar-refractivity contribution is 6.31. The smallest absolute Gasteiger partial charge is 0.417 e. The predicted molar refractivity (Wildman–Crippen MR) is 97.4 cm³/mol. The normalized spacial score (nSPS) is 15.1. The second-order valence-corrected chi connectivity index (χ2v) is 6.92. The molecule has 0 unspecified atom stereocenters. The van der Waals surface area contributed by atoms with E-state index in [1.165, 1.54) is 6.07 Å². The number of halogens is 4. The fourth-order valence-electron chi connectivity index (χ4n) is 2.91. The first-order chi connectivity index (χ1) is 12.7. The number of ether oxygens (including phenoxy) is 1. The SMILES string of the molecule is COc1ccc(C2(CNC(=O)Nc3ccc(Cl)c(C(F)(F)F)c3)CC2)cc1. The molecular formula is C19H18ClF3N2O2. The largest absolute Gasteiger partial charge is 0.497 e. The van der Waals surface area contributed by atoms with Crippen LogP contribution in [0, 0.1) is 0 Å². The molecule has 0 aromatic heterocycles. The summed E-state index contributed by atoms with van der Waals surface area (Å²) in [6.07, 6.45) is -2.73. The number of benzene rings is 2. The van der Waals surface area contributed by atoms with E-state index in [2.05, 4.69) is 10.6 Å². The number of hydrogen-bond acceptors (Lipinski definition) is 2. The highest BCUT2D eigenvalue weighted by Crippen LogP contribution is 2.47. The van der Waals surface area contributed by atoms with Crippen molar-refractivity contribution in [1.29, 1.82) is 0 Å². The summed E-state index contributed by atoms with van der Waals surface area (Å²) in [4.78, 5) is 12.1. The molecule has 3 rings (SSSR count). The summed E-state index contributed by atoms with van der Waals surface area (Å²) in [6.45, 7) is 0.394. The van der Waals surface area contributed by atoms with Crippen LogP contribution in [-0.4, -0.2) is 19.7 Å². The standard InChI is InChI=1S/C19H18ClF3N2O2/c1-27-14-5-2-12(3-6-14)18(8-9-18)11-24-17(26)25-13-4-7-16(20)15(10-13)19(21,22)23/h2-7,10H,8-9,11H2,1H3,(H2,24,25,26). The van der Waals surface area contributed by atoms with E-state index in [4.69, 9.17) is 16.3 Å². The Kier molecular flexibility index (Phi) is 5.24. The van der Waals surface area contributed by atoms with Crippen LogP contribution in [0.3, 0.4) is 0 Å². The van der Waals surface area contributed by atoms with Gasteiger partial charge in [0.25, 0.3) is 0 Å². The van der Waals surface area contributed by atoms with Crippen molar-refractivity contribution in [1.82, 2.24) is 5.32 Å². The minimum Gasteiger partial charge on any atom is -0.497 e. The molecule has 8 heteroatoms. The fourth-order valence-corrected chi connectivity index (χ4v) is 3.13. The molecule has 0 heterocycles. The van der Waals surface area contributed by atoms with E-state index in [1.807, 2.05) is 24.3 Å². The van der Waals surface area contributed by atoms with Crippen LogP contribution in [0.4, 0.5) is 23.7 Å². The van der Waals surface area contributed by atoms with Gasteiger partial charge in [-0.1, -0.05) is 23.7 Å². The van der Waals surface area contributed by atoms with Gasteiger partial charge in [-0.2, -0.15) is 13.2 Å². The lowest BCUT2D eigenvalue weighted by molar-refractivity contribution is -0.137. The number of alkyl halides is 3. The minimum absolute atomic E-state index is 0.0264. The number of rotatable bonds is 5. The molecule has 2 aromatic carbocycles. The molecule has 27 heavy (non-hydrogen) atoms. The maximum absolute atomic E-state index is 12.9. The number of hydrogen-bond donors (Lipinski definition) is 2. The van der Waals surface area contributed by atoms with E-state index < -0.39 is 22.8 Å². The summed E-state index contributed by atoms with van der Waals surface area (Å²) in [5.41, 5.74) is -0.00683. The summed E-state index contributed by atoms with van der Waals surface area (Å²) < 4.78 is 43.8. The van der Waals surface area contributed by atoms with Crippen LogP contribution in [0.25, 0.3) is 0 Å². The van der Waals surface area contributed by atoms with Gasteiger partial charge in [0.05, 0.1) is 17.7 Å². The molecule has 1 aliphatic rings. The molecule has 0 spiro atoms. The zero-order valence-corrected chi connectivity index (χ0v) is 15.2. The number of amides is 2. The third kappa shape index (κ3) is 4.47. The van der Waals surface area contributed by atoms with E-state index in [0.717, 1.165) is 36.3 Å². The van der Waals surface area contributed by atoms with E-state index in [9.17, 15) is 18.0 Å². The van der Waals surface area contributed by atoms with Crippen molar-refractivity contribution in [3.63, 3.8) is 0 Å². The van der Waals surface area contributed by atoms with Crippen LogP contribution in [0.2, 0.25) is 5.02 Å². The molecule has 4 nitrogen and oxygen atoms in total. The van der Waals surface area contributed by atoms with Gasteiger partial charge in [0.1, 0.15) is 5.75 Å². The van der Waals surface area contributed by atoms with Crippen molar-refractivity contribution >= 4 is 23.3 Å². The zero-order chi connectivity index (χ0) is 19.7. The van der Waals surface area contributed by atoms with Crippen molar-refractivity contribution < 1.29 is 22.7 Å². The van der Waals surface area contributed by atoms with Crippen LogP contribution < -0.4 is 15.4 Å². The fraction of sp³-hybridized carbons (Fsp3) is 0.316. The van der Waals surface area contributed by atoms with E-state index in [-0.39, 0.29) is 11.1 Å². The number of carbonyl (C=O) groups excluding carboxylic acids is 1. The lowest BCUT2D eigenvalue weighted by Gasteiger charge is -2.18. The molecular weight excluding hydrogens is 381 g/mol. The summed E-state index contributed by atoms with van der Waals surface area (Å²) in [6, 6.07) is 10.3. The Labute approximate surface area is 159 Å². The predicted octanol–water partition coefficient (Wildman–Crippen LogP) is 5.22. The quantitative estimate of drug-likeness (QED) is 0.725. The molecule has 0 radical (unpaired) electrons. The van der Waals surface area contributed by atoms with Crippen molar-refractivity contribution in [3.05, 3.63) is 58.6 Å². The van der Waals surface area contributed by atoms with Gasteiger partial charge in [-0.05, 0) is 48.7 Å². The van der Waals surface area contributed by atoms with Gasteiger partial charge in [0.2, 0.25) is 0 Å². The van der Waals surface area contributed by atoms with Gasteiger partial charge in [-0.3, -0.25) is 0 Å². The molecule has 0 saturated heterocycles. The van der Waals surface area contributed by atoms with Crippen molar-refractivity contribution in [2.45, 2.75) is 24.4 Å². The average molecular weight is 399 g/mol. The van der Waals surface area contributed by atoms with Gasteiger partial charge in [0.15, 0.2) is 0 Å². The van der Waals surface area contributed by atoms with Crippen molar-refractivity contribution in [3.8, 4) is 5.75 Å². The molecule has 144 valence electrons. The third-order valence-electron chi connectivity index (χ3n) is 4.67. The summed E-state index contributed by atoms with van der Waals surface area (Å²) in [5.74, 6) is 0.753. The molecule has 0 aliphatic heterocycles. The molecule has 1 fully saturated rings. The first kappa shape index (κ1) is 19.4. The van der Waals surface area contributed by atoms with Crippen molar-refractivity contribution in [2.24, 2.45) is 0 Å². The van der Waals surface area contributed by atoms with Crippen LogP contribution >= 0.6 is 11.6 Å². The maximum atomic E-state index is 12.9. The maximum Gasteiger partial charge on any atom is 0.417 e. The second kappa shape index (κ2) is 7.31. The lowest BCUT2D eigenvalue weighted by atomic mass is 9.96. The number of carbonyl (C=O) groups is 1. The molecule has 2 aromatic rings. The topological polar surface area (TPSA) is 50.4 Å². The Balaban J connectivity index is 1.61. The number of urea groups is 1. The molecule has 1 aliphatic carbocycles. The van der Waals surface area contributed by atoms with Crippen molar-refractivity contribution in [2.75, 3.05) is 19.0 Å². The Bertz CT molecular complexity index is 834. The third-order valence-corrected chi connectivity index (χ3v) is 5.00. The molecule has 1 saturated carbocycles. The Hall–Kier alpha value is -2.41. The number of methoxy groups -OCH3 is 1. The summed E-state index contributed by atoms with van der Waals surface area (Å²) in [5, 5.41) is 4.75. The Morgan fingerprint density at radius 3 is 2.41 bits per heavy atom. The number of nitrogens with one attached hydrogen (secondary N) is 2.